The van der Waals surface area contributed by atoms with Crippen LogP contribution in [0.15, 0.2) is 17.5 Å². The molecule has 2 atom stereocenters. The van der Waals surface area contributed by atoms with Gasteiger partial charge in [0.2, 0.25) is 0 Å². The molecular weight excluding hydrogens is 300 g/mol. The third-order valence-electron chi connectivity index (χ3n) is 4.08. The van der Waals surface area contributed by atoms with Crippen LogP contribution < -0.4 is 5.32 Å². The van der Waals surface area contributed by atoms with Crippen molar-refractivity contribution in [1.82, 2.24) is 10.2 Å². The highest BCUT2D eigenvalue weighted by molar-refractivity contribution is 7.10. The average Bonchev–Trinajstić information content (AvgIpc) is 3.14. The summed E-state index contributed by atoms with van der Waals surface area (Å²) in [7, 11) is 1.83. The lowest BCUT2D eigenvalue weighted by molar-refractivity contribution is -0.153. The van der Waals surface area contributed by atoms with Gasteiger partial charge in [-0.25, -0.2) is 4.79 Å². The lowest BCUT2D eigenvalue weighted by Crippen LogP contribution is -2.41. The van der Waals surface area contributed by atoms with Crippen LogP contribution in [0.5, 0.6) is 0 Å². The molecule has 2 amide bonds. The number of hydrogen-bond acceptors (Lipinski definition) is 4. The first kappa shape index (κ1) is 17.2. The number of thiophene rings is 1. The molecule has 6 heteroatoms. The summed E-state index contributed by atoms with van der Waals surface area (Å²) in [6.45, 7) is 8.01. The van der Waals surface area contributed by atoms with Gasteiger partial charge in [0.25, 0.3) is 0 Å². The van der Waals surface area contributed by atoms with Crippen LogP contribution in [-0.4, -0.2) is 43.5 Å². The molecular formula is C16H26N2O3S. The van der Waals surface area contributed by atoms with E-state index in [1.165, 1.54) is 4.88 Å². The van der Waals surface area contributed by atoms with Crippen LogP contribution in [0.1, 0.15) is 38.1 Å². The third kappa shape index (κ3) is 4.44. The maximum Gasteiger partial charge on any atom is 0.317 e. The summed E-state index contributed by atoms with van der Waals surface area (Å²) in [5.41, 5.74) is 0. The van der Waals surface area contributed by atoms with Gasteiger partial charge in [-0.2, -0.15) is 0 Å². The van der Waals surface area contributed by atoms with Crippen LogP contribution in [0.3, 0.4) is 0 Å². The summed E-state index contributed by atoms with van der Waals surface area (Å²) in [6, 6.07) is 4.09. The Balaban J connectivity index is 1.76. The number of amides is 2. The van der Waals surface area contributed by atoms with Crippen LogP contribution >= 0.6 is 11.3 Å². The molecule has 1 aromatic heterocycles. The molecule has 0 radical (unpaired) electrons. The molecule has 1 aliphatic rings. The van der Waals surface area contributed by atoms with Crippen molar-refractivity contribution in [2.24, 2.45) is 5.92 Å². The minimum absolute atomic E-state index is 0.0499. The predicted molar refractivity (Wildman–Crippen MR) is 88.0 cm³/mol. The van der Waals surface area contributed by atoms with Crippen LogP contribution in [-0.2, 0) is 9.47 Å². The second-order valence-corrected chi connectivity index (χ2v) is 7.11. The summed E-state index contributed by atoms with van der Waals surface area (Å²) in [4.78, 5) is 15.2. The number of hydrogen-bond donors (Lipinski definition) is 1. The predicted octanol–water partition coefficient (Wildman–Crippen LogP) is 3.24. The molecule has 0 aromatic carbocycles. The molecule has 0 aliphatic carbocycles. The average molecular weight is 326 g/mol. The van der Waals surface area contributed by atoms with Crippen molar-refractivity contribution in [1.29, 1.82) is 0 Å². The standard InChI is InChI=1S/C16H26N2O3S/c1-12(10-16(3)20-7-8-21-16)11-17-15(19)18(4)13(2)14-6-5-9-22-14/h5-6,9,12-13H,7-8,10-11H2,1-4H3,(H,17,19)/t12-,13-/m1/s1. The Hall–Kier alpha value is -1.11. The Bertz CT molecular complexity index is 472. The van der Waals surface area contributed by atoms with Gasteiger partial charge in [-0.15, -0.1) is 11.3 Å². The van der Waals surface area contributed by atoms with Crippen LogP contribution in [0.4, 0.5) is 4.79 Å². The Labute approximate surface area is 136 Å². The monoisotopic (exact) mass is 326 g/mol. The summed E-state index contributed by atoms with van der Waals surface area (Å²) in [5.74, 6) is -0.210. The zero-order valence-corrected chi connectivity index (χ0v) is 14.6. The molecule has 124 valence electrons. The highest BCUT2D eigenvalue weighted by Gasteiger charge is 2.32. The number of carbonyl (C=O) groups is 1. The smallest absolute Gasteiger partial charge is 0.317 e. The number of rotatable bonds is 6. The second kappa shape index (κ2) is 7.44. The highest BCUT2D eigenvalue weighted by atomic mass is 32.1. The van der Waals surface area contributed by atoms with E-state index in [9.17, 15) is 4.79 Å². The molecule has 1 saturated heterocycles. The minimum Gasteiger partial charge on any atom is -0.348 e. The van der Waals surface area contributed by atoms with E-state index >= 15 is 0 Å². The minimum atomic E-state index is -0.500. The van der Waals surface area contributed by atoms with Crippen LogP contribution in [0.25, 0.3) is 0 Å². The molecule has 22 heavy (non-hydrogen) atoms. The van der Waals surface area contributed by atoms with Crippen molar-refractivity contribution in [2.45, 2.75) is 39.0 Å². The van der Waals surface area contributed by atoms with Crippen LogP contribution in [0, 0.1) is 5.92 Å². The zero-order chi connectivity index (χ0) is 16.2. The SMILES string of the molecule is C[C@@H](CNC(=O)N(C)[C@H](C)c1cccs1)CC1(C)OCCO1. The van der Waals surface area contributed by atoms with Gasteiger partial charge in [-0.05, 0) is 31.2 Å². The Morgan fingerprint density at radius 1 is 1.45 bits per heavy atom. The van der Waals surface area contributed by atoms with Gasteiger partial charge in [0.05, 0.1) is 19.3 Å². The Morgan fingerprint density at radius 3 is 2.73 bits per heavy atom. The number of carbonyl (C=O) groups excluding carboxylic acids is 1. The van der Waals surface area contributed by atoms with Crippen molar-refractivity contribution >= 4 is 17.4 Å². The van der Waals surface area contributed by atoms with E-state index in [2.05, 4.69) is 18.3 Å². The van der Waals surface area contributed by atoms with E-state index in [0.29, 0.717) is 19.8 Å². The van der Waals surface area contributed by atoms with Crippen molar-refractivity contribution in [3.8, 4) is 0 Å². The van der Waals surface area contributed by atoms with E-state index in [0.717, 1.165) is 6.42 Å². The Kier molecular flexibility index (Phi) is 5.83. The lowest BCUT2D eigenvalue weighted by atomic mass is 10.0. The summed E-state index contributed by atoms with van der Waals surface area (Å²) in [6.07, 6.45) is 0.775. The van der Waals surface area contributed by atoms with Gasteiger partial charge < -0.3 is 19.7 Å². The van der Waals surface area contributed by atoms with E-state index in [1.54, 1.807) is 16.2 Å². The first-order valence-electron chi connectivity index (χ1n) is 7.73. The molecule has 1 aliphatic heterocycles. The highest BCUT2D eigenvalue weighted by Crippen LogP contribution is 2.26. The Morgan fingerprint density at radius 2 is 2.14 bits per heavy atom. The number of urea groups is 1. The largest absolute Gasteiger partial charge is 0.348 e. The molecule has 2 rings (SSSR count). The molecule has 0 saturated carbocycles. The summed E-state index contributed by atoms with van der Waals surface area (Å²) in [5, 5.41) is 5.03. The van der Waals surface area contributed by atoms with E-state index < -0.39 is 5.79 Å². The molecule has 0 unspecified atom stereocenters. The van der Waals surface area contributed by atoms with Crippen LogP contribution in [0.2, 0.25) is 0 Å². The van der Waals surface area contributed by atoms with Crippen molar-refractivity contribution < 1.29 is 14.3 Å². The van der Waals surface area contributed by atoms with Crippen molar-refractivity contribution in [2.75, 3.05) is 26.8 Å². The maximum absolute atomic E-state index is 12.3. The fourth-order valence-electron chi connectivity index (χ4n) is 2.66. The topological polar surface area (TPSA) is 50.8 Å². The molecule has 1 aromatic rings. The number of nitrogens with one attached hydrogen (secondary N) is 1. The number of ether oxygens (including phenoxy) is 2. The summed E-state index contributed by atoms with van der Waals surface area (Å²) < 4.78 is 11.2. The fourth-order valence-corrected chi connectivity index (χ4v) is 3.49. The van der Waals surface area contributed by atoms with E-state index in [1.807, 2.05) is 32.3 Å². The zero-order valence-electron chi connectivity index (χ0n) is 13.8. The molecule has 0 spiro atoms. The molecule has 1 N–H and O–H groups in total. The summed E-state index contributed by atoms with van der Waals surface area (Å²) >= 11 is 1.67. The van der Waals surface area contributed by atoms with Gasteiger partial charge in [-0.1, -0.05) is 13.0 Å². The fraction of sp³-hybridized carbons (Fsp3) is 0.688. The first-order chi connectivity index (χ1) is 10.4. The second-order valence-electron chi connectivity index (χ2n) is 6.13. The quantitative estimate of drug-likeness (QED) is 0.873. The van der Waals surface area contributed by atoms with Gasteiger partial charge in [0.1, 0.15) is 0 Å². The number of nitrogens with zero attached hydrogens (tertiary/aromatic N) is 1. The normalized spacial score (nSPS) is 19.6. The lowest BCUT2D eigenvalue weighted by Gasteiger charge is -2.28. The molecule has 5 nitrogen and oxygen atoms in total. The van der Waals surface area contributed by atoms with E-state index in [-0.39, 0.29) is 18.0 Å². The molecule has 1 fully saturated rings. The van der Waals surface area contributed by atoms with Gasteiger partial charge in [-0.3, -0.25) is 0 Å². The van der Waals surface area contributed by atoms with E-state index in [4.69, 9.17) is 9.47 Å². The van der Waals surface area contributed by atoms with Gasteiger partial charge in [0.15, 0.2) is 5.79 Å². The van der Waals surface area contributed by atoms with Crippen molar-refractivity contribution in [3.63, 3.8) is 0 Å². The molecule has 2 heterocycles. The third-order valence-corrected chi connectivity index (χ3v) is 5.12. The van der Waals surface area contributed by atoms with Crippen molar-refractivity contribution in [3.05, 3.63) is 22.4 Å². The van der Waals surface area contributed by atoms with Gasteiger partial charge >= 0.3 is 6.03 Å². The maximum atomic E-state index is 12.3. The first-order valence-corrected chi connectivity index (χ1v) is 8.61. The van der Waals surface area contributed by atoms with Gasteiger partial charge in [0, 0.05) is 24.9 Å². The molecule has 0 bridgehead atoms.